The highest BCUT2D eigenvalue weighted by atomic mass is 31.2. The van der Waals surface area contributed by atoms with Crippen molar-refractivity contribution in [1.82, 2.24) is 0 Å². The van der Waals surface area contributed by atoms with E-state index >= 15 is 0 Å². The number of phosphoric ester groups is 1. The highest BCUT2D eigenvalue weighted by Crippen LogP contribution is 2.38. The molecule has 0 aromatic heterocycles. The lowest BCUT2D eigenvalue weighted by Gasteiger charge is -2.28. The molecule has 9 nitrogen and oxygen atoms in total. The van der Waals surface area contributed by atoms with E-state index in [1.807, 2.05) is 21.1 Å². The first kappa shape index (κ1) is 70.9. The Bertz CT molecular complexity index is 1570. The molecule has 2 atom stereocenters. The van der Waals surface area contributed by atoms with Gasteiger partial charge in [0.05, 0.1) is 27.7 Å². The Hall–Kier alpha value is -3.07. The number of ether oxygens (including phenoxy) is 2. The molecule has 0 amide bonds. The van der Waals surface area contributed by atoms with Crippen molar-refractivity contribution < 1.29 is 42.1 Å². The van der Waals surface area contributed by atoms with Crippen molar-refractivity contribution in [3.05, 3.63) is 97.2 Å². The fraction of sp³-hybridized carbons (Fsp3) is 0.719. The number of esters is 2. The maximum atomic E-state index is 12.8. The van der Waals surface area contributed by atoms with Gasteiger partial charge in [0.15, 0.2) is 6.10 Å². The van der Waals surface area contributed by atoms with E-state index in [0.29, 0.717) is 17.4 Å². The van der Waals surface area contributed by atoms with E-state index in [2.05, 4.69) is 111 Å². The molecule has 426 valence electrons. The summed E-state index contributed by atoms with van der Waals surface area (Å²) >= 11 is 0. The van der Waals surface area contributed by atoms with Crippen LogP contribution in [0.5, 0.6) is 0 Å². The molecule has 0 aromatic carbocycles. The summed E-state index contributed by atoms with van der Waals surface area (Å²) in [4.78, 5) is 37.9. The molecule has 0 fully saturated rings. The van der Waals surface area contributed by atoms with Gasteiger partial charge in [0.1, 0.15) is 19.8 Å². The molecule has 2 unspecified atom stereocenters. The topological polar surface area (TPSA) is 111 Å². The van der Waals surface area contributed by atoms with Crippen molar-refractivity contribution in [3.63, 3.8) is 0 Å². The molecule has 0 aliphatic heterocycles. The van der Waals surface area contributed by atoms with E-state index in [9.17, 15) is 19.0 Å². The van der Waals surface area contributed by atoms with Crippen LogP contribution in [-0.2, 0) is 32.7 Å². The summed E-state index contributed by atoms with van der Waals surface area (Å²) in [5.74, 6) is -0.846. The van der Waals surface area contributed by atoms with Crippen molar-refractivity contribution in [2.45, 2.75) is 251 Å². The number of carbonyl (C=O) groups is 2. The van der Waals surface area contributed by atoms with E-state index < -0.39 is 32.5 Å². The number of hydrogen-bond donors (Lipinski definition) is 0. The zero-order valence-electron chi connectivity index (χ0n) is 48.3. The van der Waals surface area contributed by atoms with Crippen LogP contribution in [0.15, 0.2) is 97.2 Å². The van der Waals surface area contributed by atoms with Gasteiger partial charge in [-0.3, -0.25) is 14.2 Å². The minimum Gasteiger partial charge on any atom is -0.756 e. The van der Waals surface area contributed by atoms with Gasteiger partial charge >= 0.3 is 11.9 Å². The highest BCUT2D eigenvalue weighted by molar-refractivity contribution is 7.45. The molecule has 0 aromatic rings. The molecule has 0 heterocycles. The SMILES string of the molecule is CC/C=C\C/C=C\C/C=C\C/C=C\C/C=C\CCCCCCCCCCCC(=O)OC(COC(=O)CCCCCCCCCCCC/C=C\C/C=C\C/C=C\CCCCCCC)COP(=O)([O-])OCC[N+](C)(C)C. The lowest BCUT2D eigenvalue weighted by molar-refractivity contribution is -0.870. The average molecular weight is 1050 g/mol. The third kappa shape index (κ3) is 58.2. The number of likely N-dealkylation sites (N-methyl/N-ethyl adjacent to an activating group) is 1. The number of carbonyl (C=O) groups excluding carboxylic acids is 2. The molecule has 10 heteroatoms. The fourth-order valence-electron chi connectivity index (χ4n) is 7.98. The van der Waals surface area contributed by atoms with Crippen LogP contribution in [0, 0.1) is 0 Å². The van der Waals surface area contributed by atoms with Crippen molar-refractivity contribution in [2.75, 3.05) is 47.5 Å². The Balaban J connectivity index is 4.20. The maximum absolute atomic E-state index is 12.8. The Kier molecular flexibility index (Phi) is 52.4. The molecular weight excluding hydrogens is 942 g/mol. The molecule has 0 saturated carbocycles. The zero-order chi connectivity index (χ0) is 54.2. The van der Waals surface area contributed by atoms with Gasteiger partial charge < -0.3 is 27.9 Å². The van der Waals surface area contributed by atoms with Gasteiger partial charge in [-0.05, 0) is 96.3 Å². The van der Waals surface area contributed by atoms with Gasteiger partial charge in [-0.15, -0.1) is 0 Å². The summed E-state index contributed by atoms with van der Waals surface area (Å²) in [5.41, 5.74) is 0. The van der Waals surface area contributed by atoms with Crippen molar-refractivity contribution in [1.29, 1.82) is 0 Å². The first-order valence-corrected chi connectivity index (χ1v) is 31.4. The van der Waals surface area contributed by atoms with Crippen molar-refractivity contribution >= 4 is 19.8 Å². The van der Waals surface area contributed by atoms with Crippen LogP contribution in [0.2, 0.25) is 0 Å². The predicted octanol–water partition coefficient (Wildman–Crippen LogP) is 18.2. The minimum absolute atomic E-state index is 0.0374. The number of rotatable bonds is 54. The Morgan fingerprint density at radius 1 is 0.432 bits per heavy atom. The normalized spacial score (nSPS) is 14.0. The first-order valence-electron chi connectivity index (χ1n) is 29.9. The molecule has 0 radical (unpaired) electrons. The summed E-state index contributed by atoms with van der Waals surface area (Å²) in [6, 6.07) is 0. The molecule has 0 aliphatic rings. The standard InChI is InChI=1S/C64H112NO8P/c1-6-8-10-12-14-16-18-20-22-24-26-28-30-32-34-36-38-40-42-44-46-48-50-52-54-56-63(66)70-60-62(61-72-74(68,69)71-59-58-65(3,4)5)73-64(67)57-55-53-51-49-47-45-43-41-39-37-35-33-31-29-27-25-23-21-19-17-15-13-11-9-7-2/h9,11,15,17-18,20-21,23-24,26-27,29-30,32-33,35,62H,6-8,10,12-14,16,19,22,25,28,31,34,36-61H2,1-5H3/b11-9-,17-15-,20-18-,23-21-,26-24-,29-27-,32-30-,35-33-. The number of unbranched alkanes of at least 4 members (excludes halogenated alkanes) is 24. The monoisotopic (exact) mass is 1050 g/mol. The van der Waals surface area contributed by atoms with Crippen LogP contribution in [0.3, 0.4) is 0 Å². The lowest BCUT2D eigenvalue weighted by atomic mass is 10.0. The summed E-state index contributed by atoms with van der Waals surface area (Å²) < 4.78 is 34.2. The molecule has 0 saturated heterocycles. The summed E-state index contributed by atoms with van der Waals surface area (Å²) in [6.07, 6.45) is 74.4. The minimum atomic E-state index is -4.65. The van der Waals surface area contributed by atoms with E-state index in [-0.39, 0.29) is 26.1 Å². The molecule has 74 heavy (non-hydrogen) atoms. The molecule has 0 bridgehead atoms. The summed E-state index contributed by atoms with van der Waals surface area (Å²) in [5, 5.41) is 0. The summed E-state index contributed by atoms with van der Waals surface area (Å²) in [7, 11) is 1.15. The second-order valence-corrected chi connectivity index (χ2v) is 22.4. The van der Waals surface area contributed by atoms with Crippen molar-refractivity contribution in [3.8, 4) is 0 Å². The van der Waals surface area contributed by atoms with Crippen LogP contribution in [0.1, 0.15) is 245 Å². The van der Waals surface area contributed by atoms with Gasteiger partial charge in [0.2, 0.25) is 0 Å². The molecule has 0 N–H and O–H groups in total. The average Bonchev–Trinajstić information content (AvgIpc) is 3.36. The second kappa shape index (κ2) is 54.7. The maximum Gasteiger partial charge on any atom is 0.306 e. The largest absolute Gasteiger partial charge is 0.756 e. The van der Waals surface area contributed by atoms with E-state index in [1.54, 1.807) is 0 Å². The highest BCUT2D eigenvalue weighted by Gasteiger charge is 2.22. The van der Waals surface area contributed by atoms with Crippen molar-refractivity contribution in [2.24, 2.45) is 0 Å². The fourth-order valence-corrected chi connectivity index (χ4v) is 8.71. The van der Waals surface area contributed by atoms with E-state index in [4.69, 9.17) is 18.5 Å². The number of allylic oxidation sites excluding steroid dienone is 16. The predicted molar refractivity (Wildman–Crippen MR) is 314 cm³/mol. The summed E-state index contributed by atoms with van der Waals surface area (Å²) in [6.45, 7) is 4.11. The van der Waals surface area contributed by atoms with Crippen LogP contribution >= 0.6 is 7.82 Å². The second-order valence-electron chi connectivity index (χ2n) is 21.0. The van der Waals surface area contributed by atoms with Gasteiger partial charge in [-0.25, -0.2) is 0 Å². The van der Waals surface area contributed by atoms with Crippen LogP contribution in [0.25, 0.3) is 0 Å². The van der Waals surface area contributed by atoms with E-state index in [0.717, 1.165) is 103 Å². The molecule has 0 aliphatic carbocycles. The molecule has 0 rings (SSSR count). The molecular formula is C64H112NO8P. The van der Waals surface area contributed by atoms with Gasteiger partial charge in [-0.2, -0.15) is 0 Å². The number of quaternary nitrogens is 1. The van der Waals surface area contributed by atoms with Gasteiger partial charge in [0, 0.05) is 12.8 Å². The third-order valence-corrected chi connectivity index (χ3v) is 13.6. The Morgan fingerprint density at radius 3 is 1.15 bits per heavy atom. The van der Waals surface area contributed by atoms with Gasteiger partial charge in [-0.1, -0.05) is 233 Å². The Labute approximate surface area is 455 Å². The first-order chi connectivity index (χ1) is 36.0. The molecule has 0 spiro atoms. The number of phosphoric acid groups is 1. The van der Waals surface area contributed by atoms with E-state index in [1.165, 1.54) is 109 Å². The Morgan fingerprint density at radius 2 is 0.770 bits per heavy atom. The zero-order valence-corrected chi connectivity index (χ0v) is 49.2. The van der Waals surface area contributed by atoms with Gasteiger partial charge in [0.25, 0.3) is 7.82 Å². The van der Waals surface area contributed by atoms with Crippen LogP contribution in [0.4, 0.5) is 0 Å². The smallest absolute Gasteiger partial charge is 0.306 e. The third-order valence-electron chi connectivity index (χ3n) is 12.6. The van der Waals surface area contributed by atoms with Crippen LogP contribution < -0.4 is 4.89 Å². The quantitative estimate of drug-likeness (QED) is 0.0195. The number of nitrogens with zero attached hydrogens (tertiary/aromatic N) is 1. The lowest BCUT2D eigenvalue weighted by Crippen LogP contribution is -2.37. The van der Waals surface area contributed by atoms with Crippen LogP contribution in [-0.4, -0.2) is 70.0 Å². The number of hydrogen-bond acceptors (Lipinski definition) is 8.